The zero-order valence-electron chi connectivity index (χ0n) is 14.8. The average molecular weight is 379 g/mol. The minimum Gasteiger partial charge on any atom is -0.484 e. The van der Waals surface area contributed by atoms with Gasteiger partial charge < -0.3 is 14.4 Å². The fourth-order valence-electron chi connectivity index (χ4n) is 3.09. The van der Waals surface area contributed by atoms with Crippen molar-refractivity contribution in [3.05, 3.63) is 65.2 Å². The predicted octanol–water partition coefficient (Wildman–Crippen LogP) is 4.84. The van der Waals surface area contributed by atoms with E-state index >= 15 is 0 Å². The van der Waals surface area contributed by atoms with Gasteiger partial charge in [0.25, 0.3) is 0 Å². The van der Waals surface area contributed by atoms with Crippen LogP contribution in [0.5, 0.6) is 5.75 Å². The highest BCUT2D eigenvalue weighted by Gasteiger charge is 2.31. The fourth-order valence-corrected chi connectivity index (χ4v) is 3.09. The molecule has 1 heterocycles. The largest absolute Gasteiger partial charge is 0.484 e. The molecular formula is C20H20F3NO3. The van der Waals surface area contributed by atoms with Gasteiger partial charge in [-0.2, -0.15) is 13.2 Å². The SMILES string of the molecule is CCOC(=O)N1CCc2ccccc2C(Oc2ccc(C(F)(F)F)cc2)C1. The second-order valence-corrected chi connectivity index (χ2v) is 6.22. The maximum atomic E-state index is 12.7. The van der Waals surface area contributed by atoms with Crippen LogP contribution in [0.25, 0.3) is 0 Å². The molecule has 1 aliphatic heterocycles. The number of hydrogen-bond acceptors (Lipinski definition) is 3. The summed E-state index contributed by atoms with van der Waals surface area (Å²) >= 11 is 0. The topological polar surface area (TPSA) is 38.8 Å². The Morgan fingerprint density at radius 2 is 1.85 bits per heavy atom. The summed E-state index contributed by atoms with van der Waals surface area (Å²) in [5.74, 6) is 0.313. The first-order valence-corrected chi connectivity index (χ1v) is 8.72. The van der Waals surface area contributed by atoms with Crippen LogP contribution in [0.3, 0.4) is 0 Å². The second-order valence-electron chi connectivity index (χ2n) is 6.22. The number of carbonyl (C=O) groups is 1. The van der Waals surface area contributed by atoms with Crippen LogP contribution >= 0.6 is 0 Å². The third-order valence-corrected chi connectivity index (χ3v) is 4.43. The molecule has 0 N–H and O–H groups in total. The number of rotatable bonds is 3. The first-order valence-electron chi connectivity index (χ1n) is 8.72. The van der Waals surface area contributed by atoms with Gasteiger partial charge in [0.05, 0.1) is 18.7 Å². The van der Waals surface area contributed by atoms with Crippen molar-refractivity contribution >= 4 is 6.09 Å². The molecule has 0 radical (unpaired) electrons. The normalized spacial score (nSPS) is 17.0. The summed E-state index contributed by atoms with van der Waals surface area (Å²) in [7, 11) is 0. The number of fused-ring (bicyclic) bond motifs is 1. The molecule has 0 aliphatic carbocycles. The van der Waals surface area contributed by atoms with Crippen molar-refractivity contribution in [1.29, 1.82) is 0 Å². The Morgan fingerprint density at radius 1 is 1.15 bits per heavy atom. The minimum absolute atomic E-state index is 0.261. The van der Waals surface area contributed by atoms with Gasteiger partial charge in [0.1, 0.15) is 11.9 Å². The Hall–Kier alpha value is -2.70. The third kappa shape index (κ3) is 4.53. The number of carbonyl (C=O) groups excluding carboxylic acids is 1. The lowest BCUT2D eigenvalue weighted by Gasteiger charge is -2.25. The summed E-state index contributed by atoms with van der Waals surface area (Å²) in [6.07, 6.45) is -4.66. The van der Waals surface area contributed by atoms with E-state index in [1.165, 1.54) is 12.1 Å². The molecule has 1 aliphatic rings. The molecule has 1 amide bonds. The monoisotopic (exact) mass is 379 g/mol. The van der Waals surface area contributed by atoms with Crippen molar-refractivity contribution in [2.75, 3.05) is 19.7 Å². The van der Waals surface area contributed by atoms with Crippen molar-refractivity contribution in [1.82, 2.24) is 4.90 Å². The van der Waals surface area contributed by atoms with Crippen molar-refractivity contribution in [2.24, 2.45) is 0 Å². The molecule has 4 nitrogen and oxygen atoms in total. The standard InChI is InChI=1S/C20H20F3NO3/c1-2-26-19(25)24-12-11-14-5-3-4-6-17(14)18(13-24)27-16-9-7-15(8-10-16)20(21,22)23/h3-10,18H,2,11-13H2,1H3. The van der Waals surface area contributed by atoms with Crippen molar-refractivity contribution in [2.45, 2.75) is 25.6 Å². The maximum Gasteiger partial charge on any atom is 0.416 e. The van der Waals surface area contributed by atoms with Crippen LogP contribution < -0.4 is 4.74 Å². The highest BCUT2D eigenvalue weighted by molar-refractivity contribution is 5.68. The first kappa shape index (κ1) is 19.1. The molecule has 0 fully saturated rings. The van der Waals surface area contributed by atoms with Crippen molar-refractivity contribution in [3.8, 4) is 5.75 Å². The van der Waals surface area contributed by atoms with E-state index in [9.17, 15) is 18.0 Å². The molecule has 7 heteroatoms. The highest BCUT2D eigenvalue weighted by Crippen LogP contribution is 2.33. The number of benzene rings is 2. The van der Waals surface area contributed by atoms with E-state index in [1.807, 2.05) is 24.3 Å². The molecule has 144 valence electrons. The zero-order chi connectivity index (χ0) is 19.4. The van der Waals surface area contributed by atoms with Gasteiger partial charge in [-0.15, -0.1) is 0 Å². The molecule has 0 saturated carbocycles. The van der Waals surface area contributed by atoms with Crippen LogP contribution in [-0.2, 0) is 17.3 Å². The van der Waals surface area contributed by atoms with E-state index in [1.54, 1.807) is 11.8 Å². The van der Waals surface area contributed by atoms with Gasteiger partial charge in [0, 0.05) is 6.54 Å². The van der Waals surface area contributed by atoms with Crippen molar-refractivity contribution in [3.63, 3.8) is 0 Å². The average Bonchev–Trinajstić information content (AvgIpc) is 2.82. The quantitative estimate of drug-likeness (QED) is 0.766. The molecular weight excluding hydrogens is 359 g/mol. The Morgan fingerprint density at radius 3 is 2.52 bits per heavy atom. The van der Waals surface area contributed by atoms with E-state index in [-0.39, 0.29) is 13.2 Å². The molecule has 2 aromatic rings. The molecule has 1 atom stereocenters. The minimum atomic E-state index is -4.39. The number of ether oxygens (including phenoxy) is 2. The second kappa shape index (κ2) is 7.90. The van der Waals surface area contributed by atoms with Gasteiger partial charge in [0.15, 0.2) is 0 Å². The summed E-state index contributed by atoms with van der Waals surface area (Å²) in [4.78, 5) is 13.7. The summed E-state index contributed by atoms with van der Waals surface area (Å²) in [5, 5.41) is 0. The van der Waals surface area contributed by atoms with E-state index in [0.717, 1.165) is 23.3 Å². The van der Waals surface area contributed by atoms with Gasteiger partial charge in [-0.1, -0.05) is 24.3 Å². The highest BCUT2D eigenvalue weighted by atomic mass is 19.4. The lowest BCUT2D eigenvalue weighted by atomic mass is 10.0. The Kier molecular flexibility index (Phi) is 5.58. The number of nitrogens with zero attached hydrogens (tertiary/aromatic N) is 1. The smallest absolute Gasteiger partial charge is 0.416 e. The van der Waals surface area contributed by atoms with E-state index in [2.05, 4.69) is 0 Å². The lowest BCUT2D eigenvalue weighted by Crippen LogP contribution is -2.36. The Labute approximate surface area is 155 Å². The van der Waals surface area contributed by atoms with E-state index in [4.69, 9.17) is 9.47 Å². The first-order chi connectivity index (χ1) is 12.9. The number of alkyl halides is 3. The summed E-state index contributed by atoms with van der Waals surface area (Å²) in [5.41, 5.74) is 1.23. The summed E-state index contributed by atoms with van der Waals surface area (Å²) < 4.78 is 49.3. The molecule has 0 aromatic heterocycles. The Balaban J connectivity index is 1.84. The lowest BCUT2D eigenvalue weighted by molar-refractivity contribution is -0.137. The zero-order valence-corrected chi connectivity index (χ0v) is 14.8. The summed E-state index contributed by atoms with van der Waals surface area (Å²) in [6.45, 7) is 2.76. The van der Waals surface area contributed by atoms with Crippen LogP contribution in [0.2, 0.25) is 0 Å². The van der Waals surface area contributed by atoms with E-state index in [0.29, 0.717) is 18.7 Å². The van der Waals surface area contributed by atoms with Crippen LogP contribution in [-0.4, -0.2) is 30.7 Å². The predicted molar refractivity (Wildman–Crippen MR) is 93.6 cm³/mol. The summed E-state index contributed by atoms with van der Waals surface area (Å²) in [6, 6.07) is 12.2. The van der Waals surface area contributed by atoms with Gasteiger partial charge in [-0.05, 0) is 48.7 Å². The van der Waals surface area contributed by atoms with Gasteiger partial charge in [-0.25, -0.2) is 4.79 Å². The van der Waals surface area contributed by atoms with Crippen LogP contribution in [0.1, 0.15) is 29.7 Å². The maximum absolute atomic E-state index is 12.7. The molecule has 2 aromatic carbocycles. The molecule has 1 unspecified atom stereocenters. The molecule has 3 rings (SSSR count). The number of halogens is 3. The van der Waals surface area contributed by atoms with E-state index < -0.39 is 23.9 Å². The van der Waals surface area contributed by atoms with Gasteiger partial charge in [0.2, 0.25) is 0 Å². The molecule has 27 heavy (non-hydrogen) atoms. The molecule has 0 saturated heterocycles. The van der Waals surface area contributed by atoms with Crippen molar-refractivity contribution < 1.29 is 27.4 Å². The Bertz CT molecular complexity index is 790. The van der Waals surface area contributed by atoms with Crippen LogP contribution in [0.15, 0.2) is 48.5 Å². The van der Waals surface area contributed by atoms with Crippen LogP contribution in [0.4, 0.5) is 18.0 Å². The molecule has 0 spiro atoms. The fraction of sp³-hybridized carbons (Fsp3) is 0.350. The third-order valence-electron chi connectivity index (χ3n) is 4.43. The van der Waals surface area contributed by atoms with Gasteiger partial charge >= 0.3 is 12.3 Å². The van der Waals surface area contributed by atoms with Crippen LogP contribution in [0, 0.1) is 0 Å². The number of amides is 1. The molecule has 0 bridgehead atoms. The van der Waals surface area contributed by atoms with Gasteiger partial charge in [-0.3, -0.25) is 0 Å². The number of hydrogen-bond donors (Lipinski definition) is 0.